The Labute approximate surface area is 184 Å². The summed E-state index contributed by atoms with van der Waals surface area (Å²) in [5.41, 5.74) is 1.23. The zero-order valence-electron chi connectivity index (χ0n) is 16.9. The molecule has 1 aromatic heterocycles. The molecule has 2 atom stereocenters. The molecule has 2 saturated heterocycles. The molecule has 27 heavy (non-hydrogen) atoms. The molecular weight excluding hydrogens is 475 g/mol. The van der Waals surface area contributed by atoms with Crippen molar-refractivity contribution in [3.05, 3.63) is 16.1 Å². The molecule has 6 nitrogen and oxygen atoms in total. The normalized spacial score (nSPS) is 24.0. The standard InChI is InChI=1S/C19H32N4O2S.HI/c1-5-20-18(21-11-17-22-16(13-26-17)19(2,3)4)23-8-10-25-15(12-23)14-7-6-9-24-14;/h13-15H,5-12H2,1-4H3,(H,20,21);1H. The first-order valence-electron chi connectivity index (χ1n) is 9.68. The van der Waals surface area contributed by atoms with Gasteiger partial charge in [0.1, 0.15) is 11.1 Å². The lowest BCUT2D eigenvalue weighted by atomic mass is 9.93. The SMILES string of the molecule is CCNC(=NCc1nc(C(C)(C)C)cs1)N1CCOC(C2CCCO2)C1.I. The summed E-state index contributed by atoms with van der Waals surface area (Å²) in [4.78, 5) is 11.9. The largest absolute Gasteiger partial charge is 0.375 e. The number of aliphatic imine (C=N–C) groups is 1. The summed E-state index contributed by atoms with van der Waals surface area (Å²) in [5, 5.41) is 6.64. The molecule has 3 rings (SSSR count). The van der Waals surface area contributed by atoms with Gasteiger partial charge < -0.3 is 19.7 Å². The summed E-state index contributed by atoms with van der Waals surface area (Å²) in [6, 6.07) is 0. The van der Waals surface area contributed by atoms with Crippen molar-refractivity contribution >= 4 is 41.3 Å². The summed E-state index contributed by atoms with van der Waals surface area (Å²) < 4.78 is 11.8. The van der Waals surface area contributed by atoms with E-state index in [0.29, 0.717) is 6.54 Å². The Balaban J connectivity index is 0.00000261. The molecule has 2 fully saturated rings. The maximum atomic E-state index is 5.96. The molecule has 0 amide bonds. The third kappa shape index (κ3) is 6.27. The van der Waals surface area contributed by atoms with Crippen LogP contribution < -0.4 is 5.32 Å². The smallest absolute Gasteiger partial charge is 0.194 e. The van der Waals surface area contributed by atoms with Crippen molar-refractivity contribution in [1.82, 2.24) is 15.2 Å². The van der Waals surface area contributed by atoms with Crippen LogP contribution in [0, 0.1) is 0 Å². The number of hydrogen-bond acceptors (Lipinski definition) is 5. The number of thiazole rings is 1. The number of nitrogens with one attached hydrogen (secondary N) is 1. The van der Waals surface area contributed by atoms with Crippen LogP contribution in [0.3, 0.4) is 0 Å². The van der Waals surface area contributed by atoms with Gasteiger partial charge in [0.25, 0.3) is 0 Å². The molecule has 0 aromatic carbocycles. The molecule has 0 radical (unpaired) electrons. The second-order valence-electron chi connectivity index (χ2n) is 7.95. The van der Waals surface area contributed by atoms with Gasteiger partial charge in [0, 0.05) is 37.0 Å². The van der Waals surface area contributed by atoms with Crippen molar-refractivity contribution in [2.45, 2.75) is 64.7 Å². The zero-order valence-corrected chi connectivity index (χ0v) is 20.0. The number of halogens is 1. The summed E-state index contributed by atoms with van der Waals surface area (Å²) in [6.45, 7) is 13.4. The van der Waals surface area contributed by atoms with E-state index in [2.05, 4.69) is 43.3 Å². The van der Waals surface area contributed by atoms with Gasteiger partial charge in [-0.05, 0) is 19.8 Å². The second-order valence-corrected chi connectivity index (χ2v) is 8.90. The van der Waals surface area contributed by atoms with Gasteiger partial charge in [-0.1, -0.05) is 20.8 Å². The minimum absolute atomic E-state index is 0. The number of guanidine groups is 1. The van der Waals surface area contributed by atoms with Crippen LogP contribution >= 0.6 is 35.3 Å². The average molecular weight is 508 g/mol. The van der Waals surface area contributed by atoms with Crippen molar-refractivity contribution in [2.24, 2.45) is 4.99 Å². The van der Waals surface area contributed by atoms with Gasteiger partial charge in [0.05, 0.1) is 24.9 Å². The van der Waals surface area contributed by atoms with E-state index in [1.165, 1.54) is 0 Å². The Morgan fingerprint density at radius 1 is 1.33 bits per heavy atom. The Morgan fingerprint density at radius 3 is 2.74 bits per heavy atom. The van der Waals surface area contributed by atoms with Gasteiger partial charge in [-0.15, -0.1) is 35.3 Å². The molecule has 2 aliphatic heterocycles. The quantitative estimate of drug-likeness (QED) is 0.384. The molecule has 0 spiro atoms. The zero-order chi connectivity index (χ0) is 18.6. The average Bonchev–Trinajstić information content (AvgIpc) is 3.30. The Kier molecular flexibility index (Phi) is 8.76. The lowest BCUT2D eigenvalue weighted by Gasteiger charge is -2.37. The van der Waals surface area contributed by atoms with Crippen molar-refractivity contribution in [3.63, 3.8) is 0 Å². The highest BCUT2D eigenvalue weighted by Gasteiger charge is 2.32. The first-order valence-corrected chi connectivity index (χ1v) is 10.6. The molecular formula is C19H33IN4O2S. The Bertz CT molecular complexity index is 611. The molecule has 0 saturated carbocycles. The summed E-state index contributed by atoms with van der Waals surface area (Å²) in [6.07, 6.45) is 2.61. The van der Waals surface area contributed by atoms with Gasteiger partial charge >= 0.3 is 0 Å². The van der Waals surface area contributed by atoms with Crippen LogP contribution in [0.15, 0.2) is 10.4 Å². The fraction of sp³-hybridized carbons (Fsp3) is 0.789. The van der Waals surface area contributed by atoms with Crippen LogP contribution in [-0.2, 0) is 21.4 Å². The Morgan fingerprint density at radius 2 is 2.11 bits per heavy atom. The summed E-state index contributed by atoms with van der Waals surface area (Å²) >= 11 is 1.69. The van der Waals surface area contributed by atoms with Crippen molar-refractivity contribution in [2.75, 3.05) is 32.8 Å². The first-order chi connectivity index (χ1) is 12.5. The number of nitrogens with zero attached hydrogens (tertiary/aromatic N) is 3. The van der Waals surface area contributed by atoms with E-state index in [1.807, 2.05) is 0 Å². The third-order valence-corrected chi connectivity index (χ3v) is 5.63. The van der Waals surface area contributed by atoms with Crippen molar-refractivity contribution in [3.8, 4) is 0 Å². The topological polar surface area (TPSA) is 59.0 Å². The maximum absolute atomic E-state index is 5.96. The van der Waals surface area contributed by atoms with Crippen molar-refractivity contribution < 1.29 is 9.47 Å². The molecule has 2 aliphatic rings. The molecule has 0 aliphatic carbocycles. The van der Waals surface area contributed by atoms with Crippen LogP contribution in [0.5, 0.6) is 0 Å². The van der Waals surface area contributed by atoms with E-state index in [4.69, 9.17) is 19.5 Å². The molecule has 2 unspecified atom stereocenters. The predicted octanol–water partition coefficient (Wildman–Crippen LogP) is 3.40. The number of aromatic nitrogens is 1. The third-order valence-electron chi connectivity index (χ3n) is 4.79. The van der Waals surface area contributed by atoms with E-state index in [-0.39, 0.29) is 41.6 Å². The van der Waals surface area contributed by atoms with E-state index in [9.17, 15) is 0 Å². The lowest BCUT2D eigenvalue weighted by Crippen LogP contribution is -2.53. The highest BCUT2D eigenvalue weighted by atomic mass is 127. The highest BCUT2D eigenvalue weighted by Crippen LogP contribution is 2.24. The van der Waals surface area contributed by atoms with E-state index >= 15 is 0 Å². The second kappa shape index (κ2) is 10.4. The maximum Gasteiger partial charge on any atom is 0.194 e. The van der Waals surface area contributed by atoms with Crippen molar-refractivity contribution in [1.29, 1.82) is 0 Å². The van der Waals surface area contributed by atoms with Crippen LogP contribution in [-0.4, -0.2) is 60.9 Å². The fourth-order valence-electron chi connectivity index (χ4n) is 3.28. The van der Waals surface area contributed by atoms with Gasteiger partial charge in [-0.3, -0.25) is 0 Å². The molecule has 154 valence electrons. The summed E-state index contributed by atoms with van der Waals surface area (Å²) in [5.74, 6) is 0.950. The molecule has 3 heterocycles. The van der Waals surface area contributed by atoms with Gasteiger partial charge in [-0.25, -0.2) is 9.98 Å². The number of ether oxygens (including phenoxy) is 2. The van der Waals surface area contributed by atoms with Gasteiger partial charge in [-0.2, -0.15) is 0 Å². The minimum Gasteiger partial charge on any atom is -0.375 e. The molecule has 1 aromatic rings. The number of morpholine rings is 1. The van der Waals surface area contributed by atoms with Crippen LogP contribution in [0.1, 0.15) is 51.2 Å². The Hall–Kier alpha value is -0.450. The minimum atomic E-state index is 0. The van der Waals surface area contributed by atoms with Gasteiger partial charge in [0.2, 0.25) is 0 Å². The highest BCUT2D eigenvalue weighted by molar-refractivity contribution is 14.0. The fourth-order valence-corrected chi connectivity index (χ4v) is 4.23. The molecule has 0 bridgehead atoms. The van der Waals surface area contributed by atoms with Crippen LogP contribution in [0.4, 0.5) is 0 Å². The first kappa shape index (κ1) is 22.8. The van der Waals surface area contributed by atoms with Crippen LogP contribution in [0.2, 0.25) is 0 Å². The van der Waals surface area contributed by atoms with E-state index in [0.717, 1.165) is 62.4 Å². The number of hydrogen-bond donors (Lipinski definition) is 1. The number of rotatable bonds is 4. The monoisotopic (exact) mass is 508 g/mol. The molecule has 1 N–H and O–H groups in total. The van der Waals surface area contributed by atoms with E-state index < -0.39 is 0 Å². The predicted molar refractivity (Wildman–Crippen MR) is 121 cm³/mol. The van der Waals surface area contributed by atoms with Crippen LogP contribution in [0.25, 0.3) is 0 Å². The van der Waals surface area contributed by atoms with E-state index in [1.54, 1.807) is 11.3 Å². The molecule has 8 heteroatoms. The van der Waals surface area contributed by atoms with Gasteiger partial charge in [0.15, 0.2) is 5.96 Å². The lowest BCUT2D eigenvalue weighted by molar-refractivity contribution is -0.0817. The summed E-state index contributed by atoms with van der Waals surface area (Å²) in [7, 11) is 0.